The zero-order valence-electron chi connectivity index (χ0n) is 10.6. The van der Waals surface area contributed by atoms with E-state index in [0.29, 0.717) is 25.0 Å². The van der Waals surface area contributed by atoms with Crippen LogP contribution in [0.15, 0.2) is 10.6 Å². The summed E-state index contributed by atoms with van der Waals surface area (Å²) in [7, 11) is 1.52. The number of aliphatic carboxylic acids is 1. The van der Waals surface area contributed by atoms with Crippen LogP contribution in [0.4, 0.5) is 0 Å². The monoisotopic (exact) mass is 268 g/mol. The number of carbonyl (C=O) groups excluding carboxylic acids is 1. The second-order valence-corrected chi connectivity index (χ2v) is 4.63. The number of carbonyl (C=O) groups is 2. The van der Waals surface area contributed by atoms with E-state index in [1.807, 2.05) is 0 Å². The highest BCUT2D eigenvalue weighted by Gasteiger charge is 2.31. The maximum absolute atomic E-state index is 11.9. The number of ether oxygens (including phenoxy) is 1. The first-order valence-electron chi connectivity index (χ1n) is 6.08. The van der Waals surface area contributed by atoms with E-state index in [-0.39, 0.29) is 30.2 Å². The van der Waals surface area contributed by atoms with Crippen molar-refractivity contribution in [2.75, 3.05) is 7.11 Å². The third-order valence-electron chi connectivity index (χ3n) is 3.20. The summed E-state index contributed by atoms with van der Waals surface area (Å²) < 4.78 is 9.78. The van der Waals surface area contributed by atoms with Gasteiger partial charge in [-0.15, -0.1) is 0 Å². The normalized spacial score (nSPS) is 22.4. The summed E-state index contributed by atoms with van der Waals surface area (Å²) in [5, 5.41) is 15.3. The zero-order valence-corrected chi connectivity index (χ0v) is 10.6. The van der Waals surface area contributed by atoms with Crippen molar-refractivity contribution >= 4 is 11.9 Å². The predicted molar refractivity (Wildman–Crippen MR) is 63.4 cm³/mol. The number of hydrogen-bond donors (Lipinski definition) is 2. The summed E-state index contributed by atoms with van der Waals surface area (Å²) in [6, 6.07) is 1.40. The molecule has 1 fully saturated rings. The van der Waals surface area contributed by atoms with Crippen LogP contribution >= 0.6 is 0 Å². The molecule has 0 spiro atoms. The fourth-order valence-corrected chi connectivity index (χ4v) is 2.23. The lowest BCUT2D eigenvalue weighted by Gasteiger charge is -2.10. The molecule has 0 saturated heterocycles. The molecule has 1 aromatic heterocycles. The minimum atomic E-state index is -0.805. The molecule has 1 amide bonds. The number of carboxylic acid groups (broad SMARTS) is 1. The fourth-order valence-electron chi connectivity index (χ4n) is 2.23. The predicted octanol–water partition coefficient (Wildman–Crippen LogP) is 0.804. The first-order valence-corrected chi connectivity index (χ1v) is 6.08. The minimum absolute atomic E-state index is 0.115. The second kappa shape index (κ2) is 5.83. The van der Waals surface area contributed by atoms with E-state index in [1.54, 1.807) is 0 Å². The van der Waals surface area contributed by atoms with Crippen molar-refractivity contribution in [1.29, 1.82) is 0 Å². The van der Waals surface area contributed by atoms with Crippen LogP contribution in [-0.4, -0.2) is 35.3 Å². The summed E-state index contributed by atoms with van der Waals surface area (Å²) in [6.45, 7) is 0.255. The number of nitrogens with one attached hydrogen (secondary N) is 1. The zero-order chi connectivity index (χ0) is 13.8. The van der Waals surface area contributed by atoms with Gasteiger partial charge in [0.1, 0.15) is 6.61 Å². The van der Waals surface area contributed by atoms with E-state index in [4.69, 9.17) is 14.4 Å². The molecule has 1 aliphatic rings. The number of carboxylic acids is 1. The Balaban J connectivity index is 1.88. The van der Waals surface area contributed by atoms with Crippen molar-refractivity contribution < 1.29 is 24.0 Å². The van der Waals surface area contributed by atoms with Crippen LogP contribution in [0.5, 0.6) is 0 Å². The third kappa shape index (κ3) is 3.31. The quantitative estimate of drug-likeness (QED) is 0.819. The van der Waals surface area contributed by atoms with Crippen LogP contribution in [0.2, 0.25) is 0 Å². The van der Waals surface area contributed by atoms with Gasteiger partial charge in [-0.2, -0.15) is 0 Å². The van der Waals surface area contributed by atoms with E-state index in [0.717, 1.165) is 0 Å². The third-order valence-corrected chi connectivity index (χ3v) is 3.20. The number of aromatic nitrogens is 1. The van der Waals surface area contributed by atoms with E-state index in [2.05, 4.69) is 10.5 Å². The average Bonchev–Trinajstić information content (AvgIpc) is 2.98. The Labute approximate surface area is 109 Å². The fraction of sp³-hybridized carbons (Fsp3) is 0.583. The van der Waals surface area contributed by atoms with Crippen molar-refractivity contribution in [3.8, 4) is 0 Å². The molecule has 0 radical (unpaired) electrons. The van der Waals surface area contributed by atoms with Crippen LogP contribution in [0, 0.1) is 5.92 Å². The summed E-state index contributed by atoms with van der Waals surface area (Å²) >= 11 is 0. The van der Waals surface area contributed by atoms with Gasteiger partial charge in [-0.1, -0.05) is 5.16 Å². The van der Waals surface area contributed by atoms with Gasteiger partial charge >= 0.3 is 5.97 Å². The van der Waals surface area contributed by atoms with Crippen molar-refractivity contribution in [1.82, 2.24) is 10.5 Å². The molecule has 2 rings (SSSR count). The van der Waals surface area contributed by atoms with E-state index >= 15 is 0 Å². The van der Waals surface area contributed by atoms with E-state index < -0.39 is 5.97 Å². The summed E-state index contributed by atoms with van der Waals surface area (Å²) in [5.74, 6) is -1.04. The highest BCUT2D eigenvalue weighted by atomic mass is 16.5. The molecule has 1 aliphatic carbocycles. The molecule has 19 heavy (non-hydrogen) atoms. The minimum Gasteiger partial charge on any atom is -0.481 e. The van der Waals surface area contributed by atoms with Gasteiger partial charge < -0.3 is 19.7 Å². The van der Waals surface area contributed by atoms with Crippen LogP contribution in [0.3, 0.4) is 0 Å². The van der Waals surface area contributed by atoms with Crippen LogP contribution in [0.25, 0.3) is 0 Å². The average molecular weight is 268 g/mol. The Morgan fingerprint density at radius 1 is 1.58 bits per heavy atom. The molecule has 7 heteroatoms. The molecule has 0 aliphatic heterocycles. The van der Waals surface area contributed by atoms with Gasteiger partial charge in [0.15, 0.2) is 11.5 Å². The van der Waals surface area contributed by atoms with Gasteiger partial charge in [0, 0.05) is 19.2 Å². The molecule has 1 saturated carbocycles. The molecule has 104 valence electrons. The molecule has 0 bridgehead atoms. The maximum atomic E-state index is 11.9. The lowest BCUT2D eigenvalue weighted by Crippen LogP contribution is -2.33. The van der Waals surface area contributed by atoms with Gasteiger partial charge in [0.05, 0.1) is 5.92 Å². The van der Waals surface area contributed by atoms with Crippen LogP contribution < -0.4 is 5.32 Å². The molecular weight excluding hydrogens is 252 g/mol. The maximum Gasteiger partial charge on any atom is 0.306 e. The molecular formula is C12H16N2O5. The topological polar surface area (TPSA) is 102 Å². The van der Waals surface area contributed by atoms with Crippen LogP contribution in [-0.2, 0) is 16.1 Å². The number of hydrogen-bond acceptors (Lipinski definition) is 5. The van der Waals surface area contributed by atoms with Gasteiger partial charge in [0.2, 0.25) is 0 Å². The SMILES string of the molecule is COCc1cc(C(=O)N[C@@H]2CC[C@H](C(=O)O)C2)no1. The molecule has 2 N–H and O–H groups in total. The largest absolute Gasteiger partial charge is 0.481 e. The molecule has 1 aromatic rings. The Bertz CT molecular complexity index is 470. The summed E-state index contributed by atoms with van der Waals surface area (Å²) in [5.41, 5.74) is 0.186. The Morgan fingerprint density at radius 2 is 2.37 bits per heavy atom. The first kappa shape index (κ1) is 13.5. The number of amides is 1. The molecule has 7 nitrogen and oxygen atoms in total. The van der Waals surface area contributed by atoms with Crippen molar-refractivity contribution in [3.05, 3.63) is 17.5 Å². The smallest absolute Gasteiger partial charge is 0.306 e. The lowest BCUT2D eigenvalue weighted by molar-refractivity contribution is -0.141. The van der Waals surface area contributed by atoms with Gasteiger partial charge in [-0.05, 0) is 19.3 Å². The van der Waals surface area contributed by atoms with Crippen molar-refractivity contribution in [2.24, 2.45) is 5.92 Å². The van der Waals surface area contributed by atoms with Crippen molar-refractivity contribution in [3.63, 3.8) is 0 Å². The molecule has 1 heterocycles. The standard InChI is InChI=1S/C12H16N2O5/c1-18-6-9-5-10(14-19-9)11(15)13-8-3-2-7(4-8)12(16)17/h5,7-8H,2-4,6H2,1H3,(H,13,15)(H,16,17)/t7-,8+/m0/s1. The Kier molecular flexibility index (Phi) is 4.16. The summed E-state index contributed by atoms with van der Waals surface area (Å²) in [4.78, 5) is 22.7. The highest BCUT2D eigenvalue weighted by Crippen LogP contribution is 2.25. The number of rotatable bonds is 5. The molecule has 0 unspecified atom stereocenters. The van der Waals surface area contributed by atoms with Gasteiger partial charge in [0.25, 0.3) is 5.91 Å². The highest BCUT2D eigenvalue weighted by molar-refractivity contribution is 5.92. The van der Waals surface area contributed by atoms with Gasteiger partial charge in [-0.25, -0.2) is 0 Å². The van der Waals surface area contributed by atoms with Gasteiger partial charge in [-0.3, -0.25) is 9.59 Å². The number of methoxy groups -OCH3 is 1. The Morgan fingerprint density at radius 3 is 3.00 bits per heavy atom. The molecule has 0 aromatic carbocycles. The molecule has 2 atom stereocenters. The van der Waals surface area contributed by atoms with E-state index in [9.17, 15) is 9.59 Å². The van der Waals surface area contributed by atoms with Crippen LogP contribution in [0.1, 0.15) is 35.5 Å². The first-order chi connectivity index (χ1) is 9.10. The Hall–Kier alpha value is -1.89. The number of nitrogens with zero attached hydrogens (tertiary/aromatic N) is 1. The second-order valence-electron chi connectivity index (χ2n) is 4.63. The van der Waals surface area contributed by atoms with E-state index in [1.165, 1.54) is 13.2 Å². The lowest BCUT2D eigenvalue weighted by atomic mass is 10.1. The summed E-state index contributed by atoms with van der Waals surface area (Å²) in [6.07, 6.45) is 1.73. The van der Waals surface area contributed by atoms with Crippen molar-refractivity contribution in [2.45, 2.75) is 31.9 Å².